The Morgan fingerprint density at radius 1 is 0.911 bits per heavy atom. The minimum absolute atomic E-state index is 0.0732. The molecule has 5 amide bonds. The number of hydrogen-bond donors (Lipinski definition) is 1. The van der Waals surface area contributed by atoms with Crippen molar-refractivity contribution in [2.45, 2.75) is 83.5 Å². The van der Waals surface area contributed by atoms with E-state index in [0.29, 0.717) is 41.2 Å². The van der Waals surface area contributed by atoms with E-state index in [1.54, 1.807) is 18.2 Å². The highest BCUT2D eigenvalue weighted by molar-refractivity contribution is 6.30. The van der Waals surface area contributed by atoms with Crippen LogP contribution in [0.15, 0.2) is 48.0 Å². The number of fused-ring (bicyclic) bond motifs is 3. The minimum atomic E-state index is -0.700. The van der Waals surface area contributed by atoms with Gasteiger partial charge in [-0.1, -0.05) is 37.6 Å². The molecule has 4 heterocycles. The maximum Gasteiger partial charge on any atom is 0.255 e. The van der Waals surface area contributed by atoms with Gasteiger partial charge in [-0.25, -0.2) is 0 Å². The molecule has 5 aliphatic rings. The molecule has 1 N–H and O–H groups in total. The second-order valence-electron chi connectivity index (χ2n) is 13.9. The van der Waals surface area contributed by atoms with Crippen LogP contribution in [-0.2, 0) is 20.9 Å². The van der Waals surface area contributed by atoms with E-state index in [1.165, 1.54) is 4.90 Å². The van der Waals surface area contributed by atoms with E-state index in [4.69, 9.17) is 11.6 Å². The van der Waals surface area contributed by atoms with Crippen molar-refractivity contribution < 1.29 is 24.0 Å². The topological polar surface area (TPSA) is 107 Å². The Kier molecular flexibility index (Phi) is 7.34. The number of piperazine rings is 1. The SMILES string of the molecule is CC1(C)CCC(C(=O)N2CC3CCC(C2)N3C(=O)c2ccc3c(c2)CN(C2CCC(=O)NC2=O)C3=O)=C(c2ccc(Cl)cc2)C1. The number of benzene rings is 2. The molecule has 10 heteroatoms. The van der Waals surface area contributed by atoms with E-state index < -0.39 is 11.9 Å². The highest BCUT2D eigenvalue weighted by Gasteiger charge is 2.46. The smallest absolute Gasteiger partial charge is 0.255 e. The van der Waals surface area contributed by atoms with Crippen molar-refractivity contribution in [2.24, 2.45) is 5.41 Å². The lowest BCUT2D eigenvalue weighted by molar-refractivity contribution is -0.137. The van der Waals surface area contributed by atoms with Gasteiger partial charge in [0, 0.05) is 47.8 Å². The molecular formula is C35H37ClN4O5. The molecule has 4 aliphatic heterocycles. The van der Waals surface area contributed by atoms with E-state index in [2.05, 4.69) is 19.2 Å². The van der Waals surface area contributed by atoms with Crippen LogP contribution in [0.4, 0.5) is 0 Å². The van der Waals surface area contributed by atoms with E-state index >= 15 is 0 Å². The number of hydrogen-bond acceptors (Lipinski definition) is 5. The first-order chi connectivity index (χ1) is 21.5. The molecule has 234 valence electrons. The van der Waals surface area contributed by atoms with Gasteiger partial charge in [-0.3, -0.25) is 29.3 Å². The molecule has 3 saturated heterocycles. The van der Waals surface area contributed by atoms with Gasteiger partial charge >= 0.3 is 0 Å². The van der Waals surface area contributed by atoms with Crippen LogP contribution in [0.3, 0.4) is 0 Å². The maximum absolute atomic E-state index is 14.1. The molecular weight excluding hydrogens is 592 g/mol. The van der Waals surface area contributed by atoms with Crippen molar-refractivity contribution in [3.63, 3.8) is 0 Å². The quantitative estimate of drug-likeness (QED) is 0.499. The molecule has 3 atom stereocenters. The lowest BCUT2D eigenvalue weighted by atomic mass is 9.72. The van der Waals surface area contributed by atoms with E-state index in [-0.39, 0.29) is 54.1 Å². The zero-order valence-corrected chi connectivity index (χ0v) is 26.4. The second-order valence-corrected chi connectivity index (χ2v) is 14.3. The zero-order valence-electron chi connectivity index (χ0n) is 25.6. The standard InChI is InChI=1S/C35H37ClN4O5/c1-35(2)14-13-27(28(16-35)20-3-6-23(36)7-4-20)33(44)38-18-24-8-9-25(19-38)40(24)32(43)21-5-10-26-22(15-21)17-39(34(26)45)29-11-12-30(41)37-31(29)42/h3-7,10,15,24-25,29H,8-9,11-14,16-19H2,1-2H3,(H,37,41,42). The number of imide groups is 1. The summed E-state index contributed by atoms with van der Waals surface area (Å²) in [5.74, 6) is -1.07. The predicted molar refractivity (Wildman–Crippen MR) is 168 cm³/mol. The Labute approximate surface area is 267 Å². The normalized spacial score (nSPS) is 25.9. The Hall–Kier alpha value is -3.98. The Morgan fingerprint density at radius 3 is 2.31 bits per heavy atom. The zero-order chi connectivity index (χ0) is 31.6. The first-order valence-corrected chi connectivity index (χ1v) is 16.2. The number of halogens is 1. The third-order valence-electron chi connectivity index (χ3n) is 10.3. The number of rotatable bonds is 4. The van der Waals surface area contributed by atoms with Crippen LogP contribution in [0.1, 0.15) is 90.6 Å². The van der Waals surface area contributed by atoms with Gasteiger partial charge in [0.1, 0.15) is 6.04 Å². The van der Waals surface area contributed by atoms with Crippen LogP contribution < -0.4 is 5.32 Å². The van der Waals surface area contributed by atoms with Gasteiger partial charge in [-0.05, 0) is 91.0 Å². The molecule has 7 rings (SSSR count). The number of likely N-dealkylation sites (tertiary alicyclic amines) is 1. The molecule has 45 heavy (non-hydrogen) atoms. The van der Waals surface area contributed by atoms with Crippen LogP contribution in [0, 0.1) is 5.41 Å². The summed E-state index contributed by atoms with van der Waals surface area (Å²) in [6.45, 7) is 5.70. The minimum Gasteiger partial charge on any atom is -0.335 e. The summed E-state index contributed by atoms with van der Waals surface area (Å²) in [6.07, 6.45) is 4.64. The van der Waals surface area contributed by atoms with Gasteiger partial charge in [-0.15, -0.1) is 0 Å². The number of carbonyl (C=O) groups excluding carboxylic acids is 5. The lowest BCUT2D eigenvalue weighted by Gasteiger charge is -2.42. The van der Waals surface area contributed by atoms with Crippen LogP contribution in [0.5, 0.6) is 0 Å². The summed E-state index contributed by atoms with van der Waals surface area (Å²) in [7, 11) is 0. The monoisotopic (exact) mass is 628 g/mol. The van der Waals surface area contributed by atoms with Crippen LogP contribution in [0.25, 0.3) is 5.57 Å². The summed E-state index contributed by atoms with van der Waals surface area (Å²) < 4.78 is 0. The van der Waals surface area contributed by atoms with Crippen LogP contribution in [0.2, 0.25) is 5.02 Å². The van der Waals surface area contributed by atoms with Gasteiger partial charge in [-0.2, -0.15) is 0 Å². The fraction of sp³-hybridized carbons (Fsp3) is 0.457. The van der Waals surface area contributed by atoms with Crippen LogP contribution in [-0.4, -0.2) is 75.5 Å². The maximum atomic E-state index is 14.1. The highest BCUT2D eigenvalue weighted by atomic mass is 35.5. The summed E-state index contributed by atoms with van der Waals surface area (Å²) in [5, 5.41) is 2.99. The number of amides is 5. The van der Waals surface area contributed by atoms with Gasteiger partial charge in [0.2, 0.25) is 17.7 Å². The number of allylic oxidation sites excluding steroid dienone is 1. The average molecular weight is 629 g/mol. The van der Waals surface area contributed by atoms with Gasteiger partial charge in [0.05, 0.1) is 12.1 Å². The molecule has 0 spiro atoms. The summed E-state index contributed by atoms with van der Waals surface area (Å²) in [5.41, 5.74) is 4.80. The third-order valence-corrected chi connectivity index (χ3v) is 10.5. The molecule has 3 unspecified atom stereocenters. The number of nitrogens with zero attached hydrogens (tertiary/aromatic N) is 3. The Morgan fingerprint density at radius 2 is 1.62 bits per heavy atom. The number of carbonyl (C=O) groups is 5. The molecule has 2 aromatic rings. The first-order valence-electron chi connectivity index (χ1n) is 15.9. The molecule has 2 aromatic carbocycles. The Balaban J connectivity index is 1.08. The lowest BCUT2D eigenvalue weighted by Crippen LogP contribution is -2.57. The second kappa shape index (κ2) is 11.1. The van der Waals surface area contributed by atoms with E-state index in [0.717, 1.165) is 48.8 Å². The molecule has 0 saturated carbocycles. The average Bonchev–Trinajstić information content (AvgIpc) is 3.47. The third kappa shape index (κ3) is 5.35. The predicted octanol–water partition coefficient (Wildman–Crippen LogP) is 4.58. The molecule has 1 aliphatic carbocycles. The molecule has 3 fully saturated rings. The molecule has 0 aromatic heterocycles. The number of piperidine rings is 1. The van der Waals surface area contributed by atoms with Crippen molar-refractivity contribution in [1.29, 1.82) is 0 Å². The van der Waals surface area contributed by atoms with Crippen molar-refractivity contribution >= 4 is 46.7 Å². The van der Waals surface area contributed by atoms with Gasteiger partial charge in [0.15, 0.2) is 0 Å². The number of nitrogens with one attached hydrogen (secondary N) is 1. The molecule has 2 bridgehead atoms. The van der Waals surface area contributed by atoms with Crippen LogP contribution >= 0.6 is 11.6 Å². The van der Waals surface area contributed by atoms with Crippen molar-refractivity contribution in [3.8, 4) is 0 Å². The van der Waals surface area contributed by atoms with Crippen molar-refractivity contribution in [1.82, 2.24) is 20.0 Å². The van der Waals surface area contributed by atoms with E-state index in [9.17, 15) is 24.0 Å². The van der Waals surface area contributed by atoms with Crippen molar-refractivity contribution in [2.75, 3.05) is 13.1 Å². The highest BCUT2D eigenvalue weighted by Crippen LogP contribution is 2.44. The summed E-state index contributed by atoms with van der Waals surface area (Å²) in [6, 6.07) is 12.0. The van der Waals surface area contributed by atoms with Crippen molar-refractivity contribution in [3.05, 3.63) is 75.3 Å². The van der Waals surface area contributed by atoms with Gasteiger partial charge in [0.25, 0.3) is 11.8 Å². The van der Waals surface area contributed by atoms with Gasteiger partial charge < -0.3 is 14.7 Å². The molecule has 0 radical (unpaired) electrons. The largest absolute Gasteiger partial charge is 0.335 e. The summed E-state index contributed by atoms with van der Waals surface area (Å²) in [4.78, 5) is 70.6. The fourth-order valence-electron chi connectivity index (χ4n) is 7.90. The van der Waals surface area contributed by atoms with E-state index in [1.807, 2.05) is 34.1 Å². The fourth-order valence-corrected chi connectivity index (χ4v) is 8.03. The Bertz CT molecular complexity index is 1650. The molecule has 9 nitrogen and oxygen atoms in total. The summed E-state index contributed by atoms with van der Waals surface area (Å²) >= 11 is 6.17. The first kappa shape index (κ1) is 29.7.